The third-order valence-corrected chi connectivity index (χ3v) is 3.67. The maximum absolute atomic E-state index is 4.24. The molecule has 0 bridgehead atoms. The smallest absolute Gasteiger partial charge is 0.0946 e. The largest absolute Gasteiger partial charge is 0.336 e. The summed E-state index contributed by atoms with van der Waals surface area (Å²) in [6, 6.07) is 0.628. The van der Waals surface area contributed by atoms with Crippen molar-refractivity contribution in [1.29, 1.82) is 0 Å². The number of rotatable bonds is 5. The lowest BCUT2D eigenvalue weighted by Gasteiger charge is -2.34. The van der Waals surface area contributed by atoms with E-state index in [1.165, 1.54) is 5.56 Å². The molecule has 2 heterocycles. The summed E-state index contributed by atoms with van der Waals surface area (Å²) in [6.45, 7) is 9.88. The molecule has 2 rings (SSSR count). The summed E-state index contributed by atoms with van der Waals surface area (Å²) < 4.78 is 3.97. The van der Waals surface area contributed by atoms with Gasteiger partial charge in [-0.3, -0.25) is 4.68 Å². The van der Waals surface area contributed by atoms with Crippen molar-refractivity contribution in [3.05, 3.63) is 36.7 Å². The number of aryl methyl sites for hydroxylation is 1. The van der Waals surface area contributed by atoms with E-state index in [4.69, 9.17) is 0 Å². The van der Waals surface area contributed by atoms with Gasteiger partial charge in [-0.2, -0.15) is 5.10 Å². The van der Waals surface area contributed by atoms with Crippen LogP contribution in [0.3, 0.4) is 0 Å². The number of hydrogen-bond donors (Lipinski definition) is 1. The van der Waals surface area contributed by atoms with Gasteiger partial charge >= 0.3 is 0 Å². The van der Waals surface area contributed by atoms with E-state index in [2.05, 4.69) is 53.9 Å². The van der Waals surface area contributed by atoms with Crippen molar-refractivity contribution in [3.63, 3.8) is 0 Å². The molecule has 0 aliphatic heterocycles. The maximum Gasteiger partial charge on any atom is 0.0946 e. The highest BCUT2D eigenvalue weighted by Crippen LogP contribution is 2.24. The van der Waals surface area contributed by atoms with Crippen LogP contribution in [0.25, 0.3) is 0 Å². The van der Waals surface area contributed by atoms with Crippen molar-refractivity contribution >= 4 is 0 Å². The average Bonchev–Trinajstić information content (AvgIpc) is 2.98. The molecule has 5 heteroatoms. The van der Waals surface area contributed by atoms with E-state index in [0.717, 1.165) is 6.54 Å². The molecule has 0 radical (unpaired) electrons. The molecule has 0 aliphatic carbocycles. The van der Waals surface area contributed by atoms with Crippen molar-refractivity contribution in [1.82, 2.24) is 24.6 Å². The summed E-state index contributed by atoms with van der Waals surface area (Å²) in [5, 5.41) is 7.97. The van der Waals surface area contributed by atoms with E-state index in [1.807, 2.05) is 36.6 Å². The summed E-state index contributed by atoms with van der Waals surface area (Å²) >= 11 is 0. The standard InChI is InChI=1S/C15H25N5/c1-12(13-8-17-19(5)9-13)18-14(15(2,3)4)10-20-7-6-16-11-20/h6-9,11-12,14,18H,10H2,1-5H3. The van der Waals surface area contributed by atoms with E-state index in [1.54, 1.807) is 0 Å². The highest BCUT2D eigenvalue weighted by Gasteiger charge is 2.26. The van der Waals surface area contributed by atoms with Crippen LogP contribution in [0.5, 0.6) is 0 Å². The van der Waals surface area contributed by atoms with Crippen LogP contribution in [-0.4, -0.2) is 25.4 Å². The Hall–Kier alpha value is -1.62. The molecule has 0 aromatic carbocycles. The molecular formula is C15H25N5. The Labute approximate surface area is 121 Å². The number of nitrogens with zero attached hydrogens (tertiary/aromatic N) is 4. The Bertz CT molecular complexity index is 521. The topological polar surface area (TPSA) is 47.7 Å². The van der Waals surface area contributed by atoms with Gasteiger partial charge < -0.3 is 9.88 Å². The predicted octanol–water partition coefficient (Wildman–Crippen LogP) is 2.38. The SMILES string of the molecule is CC(NC(Cn1ccnc1)C(C)(C)C)c1cnn(C)c1. The van der Waals surface area contributed by atoms with Crippen LogP contribution in [0, 0.1) is 5.41 Å². The van der Waals surface area contributed by atoms with Crippen LogP contribution >= 0.6 is 0 Å². The fraction of sp³-hybridized carbons (Fsp3) is 0.600. The monoisotopic (exact) mass is 275 g/mol. The summed E-state index contributed by atoms with van der Waals surface area (Å²) in [5.74, 6) is 0. The molecule has 20 heavy (non-hydrogen) atoms. The van der Waals surface area contributed by atoms with E-state index in [0.29, 0.717) is 6.04 Å². The van der Waals surface area contributed by atoms with Crippen molar-refractivity contribution in [2.45, 2.75) is 46.3 Å². The van der Waals surface area contributed by atoms with Gasteiger partial charge in [0.15, 0.2) is 0 Å². The molecule has 1 N–H and O–H groups in total. The number of nitrogens with one attached hydrogen (secondary N) is 1. The Morgan fingerprint density at radius 1 is 1.35 bits per heavy atom. The van der Waals surface area contributed by atoms with Crippen LogP contribution in [0.4, 0.5) is 0 Å². The maximum atomic E-state index is 4.24. The Morgan fingerprint density at radius 3 is 2.60 bits per heavy atom. The Kier molecular flexibility index (Phi) is 4.28. The zero-order chi connectivity index (χ0) is 14.8. The average molecular weight is 275 g/mol. The van der Waals surface area contributed by atoms with Gasteiger partial charge in [-0.1, -0.05) is 20.8 Å². The predicted molar refractivity (Wildman–Crippen MR) is 80.2 cm³/mol. The molecule has 110 valence electrons. The van der Waals surface area contributed by atoms with Gasteiger partial charge in [0.2, 0.25) is 0 Å². The molecule has 2 unspecified atom stereocenters. The van der Waals surface area contributed by atoms with Crippen LogP contribution in [0.1, 0.15) is 39.3 Å². The minimum atomic E-state index is 0.167. The van der Waals surface area contributed by atoms with Crippen LogP contribution in [-0.2, 0) is 13.6 Å². The lowest BCUT2D eigenvalue weighted by molar-refractivity contribution is 0.225. The lowest BCUT2D eigenvalue weighted by Crippen LogP contribution is -2.44. The highest BCUT2D eigenvalue weighted by atomic mass is 15.2. The number of imidazole rings is 1. The molecule has 0 spiro atoms. The van der Waals surface area contributed by atoms with Crippen LogP contribution in [0.2, 0.25) is 0 Å². The zero-order valence-corrected chi connectivity index (χ0v) is 13.0. The van der Waals surface area contributed by atoms with E-state index < -0.39 is 0 Å². The Balaban J connectivity index is 2.08. The van der Waals surface area contributed by atoms with E-state index >= 15 is 0 Å². The fourth-order valence-electron chi connectivity index (χ4n) is 2.24. The molecule has 0 saturated heterocycles. The van der Waals surface area contributed by atoms with Gasteiger partial charge in [-0.15, -0.1) is 0 Å². The second kappa shape index (κ2) is 5.79. The van der Waals surface area contributed by atoms with Crippen LogP contribution in [0.15, 0.2) is 31.1 Å². The van der Waals surface area contributed by atoms with Gasteiger partial charge in [0.05, 0.1) is 12.5 Å². The van der Waals surface area contributed by atoms with Gasteiger partial charge in [-0.25, -0.2) is 4.98 Å². The summed E-state index contributed by atoms with van der Waals surface area (Å²) in [4.78, 5) is 4.12. The normalized spacial score (nSPS) is 15.2. The number of hydrogen-bond acceptors (Lipinski definition) is 3. The second-order valence-corrected chi connectivity index (χ2v) is 6.51. The summed E-state index contributed by atoms with van der Waals surface area (Å²) in [6.07, 6.45) is 9.69. The molecule has 0 saturated carbocycles. The first-order valence-electron chi connectivity index (χ1n) is 7.06. The summed E-state index contributed by atoms with van der Waals surface area (Å²) in [7, 11) is 1.95. The molecule has 0 fully saturated rings. The first-order chi connectivity index (χ1) is 9.36. The molecular weight excluding hydrogens is 250 g/mol. The van der Waals surface area contributed by atoms with Crippen molar-refractivity contribution in [2.24, 2.45) is 12.5 Å². The molecule has 2 atom stereocenters. The number of aromatic nitrogens is 4. The quantitative estimate of drug-likeness (QED) is 0.911. The highest BCUT2D eigenvalue weighted by molar-refractivity contribution is 5.09. The molecule has 2 aromatic heterocycles. The first kappa shape index (κ1) is 14.8. The minimum absolute atomic E-state index is 0.167. The molecule has 0 amide bonds. The van der Waals surface area contributed by atoms with Crippen molar-refractivity contribution < 1.29 is 0 Å². The summed E-state index contributed by atoms with van der Waals surface area (Å²) in [5.41, 5.74) is 1.38. The van der Waals surface area contributed by atoms with E-state index in [9.17, 15) is 0 Å². The Morgan fingerprint density at radius 2 is 2.10 bits per heavy atom. The lowest BCUT2D eigenvalue weighted by atomic mass is 9.86. The zero-order valence-electron chi connectivity index (χ0n) is 13.0. The second-order valence-electron chi connectivity index (χ2n) is 6.51. The third kappa shape index (κ3) is 3.70. The van der Waals surface area contributed by atoms with Gasteiger partial charge in [0.1, 0.15) is 0 Å². The van der Waals surface area contributed by atoms with Crippen LogP contribution < -0.4 is 5.32 Å². The fourth-order valence-corrected chi connectivity index (χ4v) is 2.24. The van der Waals surface area contributed by atoms with Crippen molar-refractivity contribution in [3.8, 4) is 0 Å². The molecule has 2 aromatic rings. The van der Waals surface area contributed by atoms with E-state index in [-0.39, 0.29) is 11.5 Å². The van der Waals surface area contributed by atoms with Gasteiger partial charge in [0, 0.05) is 49.8 Å². The van der Waals surface area contributed by atoms with Gasteiger partial charge in [0.25, 0.3) is 0 Å². The van der Waals surface area contributed by atoms with Gasteiger partial charge in [-0.05, 0) is 12.3 Å². The third-order valence-electron chi connectivity index (χ3n) is 3.67. The molecule has 5 nitrogen and oxygen atoms in total. The van der Waals surface area contributed by atoms with Crippen molar-refractivity contribution in [2.75, 3.05) is 0 Å². The first-order valence-corrected chi connectivity index (χ1v) is 7.06. The molecule has 0 aliphatic rings. The minimum Gasteiger partial charge on any atom is -0.336 e.